The second-order valence-corrected chi connectivity index (χ2v) is 5.31. The number of fused-ring (bicyclic) bond motifs is 1. The maximum absolute atomic E-state index is 10.1. The van der Waals surface area contributed by atoms with Crippen molar-refractivity contribution in [3.8, 4) is 17.0 Å². The van der Waals surface area contributed by atoms with Crippen LogP contribution in [0, 0.1) is 0 Å². The quantitative estimate of drug-likeness (QED) is 0.749. The molecule has 0 bridgehead atoms. The van der Waals surface area contributed by atoms with Crippen LogP contribution in [0.4, 0.5) is 0 Å². The van der Waals surface area contributed by atoms with Gasteiger partial charge in [0.15, 0.2) is 0 Å². The Morgan fingerprint density at radius 2 is 2.10 bits per heavy atom. The standard InChI is InChI=1S/C14H15N5O/c20-12-7-10(8-19-11(12)5-6-15-19)14-13(16-18-17-14)9-3-1-2-4-9/h5-9,20H,1-4H2,(H,16,17,18). The highest BCUT2D eigenvalue weighted by Gasteiger charge is 2.24. The molecule has 2 N–H and O–H groups in total. The Morgan fingerprint density at radius 1 is 1.25 bits per heavy atom. The van der Waals surface area contributed by atoms with E-state index in [4.69, 9.17) is 0 Å². The van der Waals surface area contributed by atoms with E-state index < -0.39 is 0 Å². The Labute approximate surface area is 115 Å². The highest BCUT2D eigenvalue weighted by Crippen LogP contribution is 2.37. The summed E-state index contributed by atoms with van der Waals surface area (Å²) in [5.41, 5.74) is 3.37. The lowest BCUT2D eigenvalue weighted by Crippen LogP contribution is -1.97. The van der Waals surface area contributed by atoms with Crippen LogP contribution in [0.15, 0.2) is 24.5 Å². The van der Waals surface area contributed by atoms with Crippen molar-refractivity contribution in [2.45, 2.75) is 31.6 Å². The molecule has 0 aliphatic heterocycles. The minimum absolute atomic E-state index is 0.209. The Morgan fingerprint density at radius 3 is 2.95 bits per heavy atom. The normalized spacial score (nSPS) is 16.2. The van der Waals surface area contributed by atoms with E-state index in [1.807, 2.05) is 6.20 Å². The smallest absolute Gasteiger partial charge is 0.142 e. The summed E-state index contributed by atoms with van der Waals surface area (Å²) in [6.45, 7) is 0. The van der Waals surface area contributed by atoms with Gasteiger partial charge in [-0.15, -0.1) is 0 Å². The SMILES string of the molecule is Oc1cc(-c2n[nH]nc2C2CCCC2)cn2nccc12. The number of hydrogen-bond acceptors (Lipinski definition) is 4. The first-order valence-electron chi connectivity index (χ1n) is 6.90. The molecule has 0 amide bonds. The molecule has 1 aliphatic carbocycles. The third-order valence-electron chi connectivity index (χ3n) is 4.08. The lowest BCUT2D eigenvalue weighted by atomic mass is 9.99. The number of pyridine rings is 1. The van der Waals surface area contributed by atoms with Gasteiger partial charge in [-0.25, -0.2) is 4.52 Å². The van der Waals surface area contributed by atoms with Crippen molar-refractivity contribution in [3.05, 3.63) is 30.2 Å². The molecule has 6 heteroatoms. The van der Waals surface area contributed by atoms with Gasteiger partial charge in [0, 0.05) is 17.7 Å². The van der Waals surface area contributed by atoms with E-state index in [0.717, 1.165) is 29.8 Å². The number of nitrogens with one attached hydrogen (secondary N) is 1. The first-order valence-corrected chi connectivity index (χ1v) is 6.90. The summed E-state index contributed by atoms with van der Waals surface area (Å²) in [5.74, 6) is 0.680. The average molecular weight is 269 g/mol. The molecule has 102 valence electrons. The topological polar surface area (TPSA) is 79.1 Å². The summed E-state index contributed by atoms with van der Waals surface area (Å²) >= 11 is 0. The summed E-state index contributed by atoms with van der Waals surface area (Å²) in [4.78, 5) is 0. The summed E-state index contributed by atoms with van der Waals surface area (Å²) < 4.78 is 1.66. The Balaban J connectivity index is 1.84. The van der Waals surface area contributed by atoms with Crippen molar-refractivity contribution in [2.24, 2.45) is 0 Å². The fraction of sp³-hybridized carbons (Fsp3) is 0.357. The van der Waals surface area contributed by atoms with Crippen LogP contribution in [0.3, 0.4) is 0 Å². The summed E-state index contributed by atoms with van der Waals surface area (Å²) in [6.07, 6.45) is 8.37. The van der Waals surface area contributed by atoms with E-state index in [0.29, 0.717) is 11.4 Å². The zero-order valence-electron chi connectivity index (χ0n) is 11.0. The zero-order chi connectivity index (χ0) is 13.5. The molecular formula is C14H15N5O. The van der Waals surface area contributed by atoms with E-state index in [1.54, 1.807) is 22.8 Å². The molecule has 20 heavy (non-hydrogen) atoms. The zero-order valence-corrected chi connectivity index (χ0v) is 11.0. The number of nitrogens with zero attached hydrogens (tertiary/aromatic N) is 4. The largest absolute Gasteiger partial charge is 0.506 e. The molecule has 4 rings (SSSR count). The highest BCUT2D eigenvalue weighted by atomic mass is 16.3. The van der Waals surface area contributed by atoms with E-state index in [2.05, 4.69) is 20.5 Å². The monoisotopic (exact) mass is 269 g/mol. The molecule has 6 nitrogen and oxygen atoms in total. The second kappa shape index (κ2) is 4.33. The minimum atomic E-state index is 0.209. The van der Waals surface area contributed by atoms with Crippen molar-refractivity contribution < 1.29 is 5.11 Å². The molecule has 0 spiro atoms. The summed E-state index contributed by atoms with van der Waals surface area (Å²) in [7, 11) is 0. The molecule has 3 heterocycles. The van der Waals surface area contributed by atoms with Gasteiger partial charge in [0.2, 0.25) is 0 Å². The maximum atomic E-state index is 10.1. The fourth-order valence-corrected chi connectivity index (χ4v) is 3.08. The van der Waals surface area contributed by atoms with Crippen LogP contribution in [0.25, 0.3) is 16.8 Å². The van der Waals surface area contributed by atoms with Crippen LogP contribution in [-0.2, 0) is 0 Å². The van der Waals surface area contributed by atoms with E-state index in [1.165, 1.54) is 12.8 Å². The van der Waals surface area contributed by atoms with Gasteiger partial charge in [-0.2, -0.15) is 20.5 Å². The first-order chi connectivity index (χ1) is 9.83. The van der Waals surface area contributed by atoms with Gasteiger partial charge in [0.1, 0.15) is 17.0 Å². The van der Waals surface area contributed by atoms with Crippen LogP contribution in [-0.4, -0.2) is 30.1 Å². The van der Waals surface area contributed by atoms with Crippen LogP contribution in [0.2, 0.25) is 0 Å². The van der Waals surface area contributed by atoms with Gasteiger partial charge < -0.3 is 5.11 Å². The van der Waals surface area contributed by atoms with Gasteiger partial charge in [-0.1, -0.05) is 12.8 Å². The van der Waals surface area contributed by atoms with Crippen molar-refractivity contribution in [1.82, 2.24) is 25.0 Å². The molecule has 0 unspecified atom stereocenters. The third kappa shape index (κ3) is 1.68. The van der Waals surface area contributed by atoms with Gasteiger partial charge in [0.25, 0.3) is 0 Å². The molecule has 0 aromatic carbocycles. The maximum Gasteiger partial charge on any atom is 0.142 e. The lowest BCUT2D eigenvalue weighted by Gasteiger charge is -2.08. The van der Waals surface area contributed by atoms with Crippen LogP contribution >= 0.6 is 0 Å². The number of aromatic hydroxyl groups is 1. The van der Waals surface area contributed by atoms with Crippen molar-refractivity contribution in [1.29, 1.82) is 0 Å². The van der Waals surface area contributed by atoms with Crippen molar-refractivity contribution in [2.75, 3.05) is 0 Å². The predicted octanol–water partition coefficient (Wildman–Crippen LogP) is 2.48. The summed E-state index contributed by atoms with van der Waals surface area (Å²) in [5, 5.41) is 25.6. The molecule has 0 saturated heterocycles. The fourth-order valence-electron chi connectivity index (χ4n) is 3.08. The molecular weight excluding hydrogens is 254 g/mol. The van der Waals surface area contributed by atoms with E-state index in [9.17, 15) is 5.11 Å². The van der Waals surface area contributed by atoms with E-state index >= 15 is 0 Å². The van der Waals surface area contributed by atoms with Crippen LogP contribution in [0.5, 0.6) is 5.75 Å². The number of rotatable bonds is 2. The molecule has 0 radical (unpaired) electrons. The number of hydrogen-bond donors (Lipinski definition) is 2. The number of H-pyrrole nitrogens is 1. The second-order valence-electron chi connectivity index (χ2n) is 5.31. The number of aromatic amines is 1. The highest BCUT2D eigenvalue weighted by molar-refractivity contribution is 5.69. The molecule has 1 fully saturated rings. The van der Waals surface area contributed by atoms with Crippen LogP contribution < -0.4 is 0 Å². The average Bonchev–Trinajstić information content (AvgIpc) is 3.18. The molecule has 0 atom stereocenters. The minimum Gasteiger partial charge on any atom is -0.506 e. The molecule has 3 aromatic rings. The summed E-state index contributed by atoms with van der Waals surface area (Å²) in [6, 6.07) is 3.51. The molecule has 1 saturated carbocycles. The van der Waals surface area contributed by atoms with Gasteiger partial charge in [-0.05, 0) is 25.0 Å². The lowest BCUT2D eigenvalue weighted by molar-refractivity contribution is 0.478. The van der Waals surface area contributed by atoms with Gasteiger partial charge in [0.05, 0.1) is 11.9 Å². The predicted molar refractivity (Wildman–Crippen MR) is 73.4 cm³/mol. The van der Waals surface area contributed by atoms with Gasteiger partial charge >= 0.3 is 0 Å². The first kappa shape index (κ1) is 11.5. The van der Waals surface area contributed by atoms with Crippen molar-refractivity contribution in [3.63, 3.8) is 0 Å². The Kier molecular flexibility index (Phi) is 2.48. The molecule has 3 aromatic heterocycles. The Bertz CT molecular complexity index is 754. The Hall–Kier alpha value is -2.37. The van der Waals surface area contributed by atoms with Crippen LogP contribution in [0.1, 0.15) is 37.3 Å². The van der Waals surface area contributed by atoms with Gasteiger partial charge in [-0.3, -0.25) is 0 Å². The van der Waals surface area contributed by atoms with E-state index in [-0.39, 0.29) is 5.75 Å². The molecule has 1 aliphatic rings. The number of aromatic nitrogens is 5. The van der Waals surface area contributed by atoms with Crippen molar-refractivity contribution >= 4 is 5.52 Å². The third-order valence-corrected chi connectivity index (χ3v) is 4.08.